The molecule has 2 rings (SSSR count). The van der Waals surface area contributed by atoms with E-state index in [9.17, 15) is 0 Å². The Labute approximate surface area is 125 Å². The van der Waals surface area contributed by atoms with Gasteiger partial charge in [0.15, 0.2) is 0 Å². The molecule has 0 radical (unpaired) electrons. The number of rotatable bonds is 6. The zero-order valence-electron chi connectivity index (χ0n) is 12.2. The second-order valence-corrected chi connectivity index (χ2v) is 5.55. The van der Waals surface area contributed by atoms with Crippen molar-refractivity contribution in [2.24, 2.45) is 0 Å². The Morgan fingerprint density at radius 1 is 1.25 bits per heavy atom. The van der Waals surface area contributed by atoms with Gasteiger partial charge in [-0.25, -0.2) is 9.97 Å². The molecule has 0 aliphatic heterocycles. The number of anilines is 1. The van der Waals surface area contributed by atoms with Crippen molar-refractivity contribution in [1.29, 1.82) is 0 Å². The van der Waals surface area contributed by atoms with Crippen molar-refractivity contribution in [1.82, 2.24) is 14.9 Å². The van der Waals surface area contributed by atoms with Gasteiger partial charge in [-0.2, -0.15) is 0 Å². The highest BCUT2D eigenvalue weighted by Gasteiger charge is 2.06. The minimum Gasteiger partial charge on any atom is -0.369 e. The molecule has 0 spiro atoms. The molecule has 0 saturated heterocycles. The molecule has 0 unspecified atom stereocenters. The second-order valence-electron chi connectivity index (χ2n) is 5.21. The van der Waals surface area contributed by atoms with Crippen molar-refractivity contribution in [2.45, 2.75) is 26.3 Å². The van der Waals surface area contributed by atoms with Crippen LogP contribution in [0.2, 0.25) is 5.28 Å². The molecule has 1 N–H and O–H groups in total. The molecule has 0 aliphatic carbocycles. The van der Waals surface area contributed by atoms with E-state index in [4.69, 9.17) is 11.6 Å². The molecular weight excluding hydrogens is 272 g/mol. The fourth-order valence-corrected chi connectivity index (χ4v) is 2.15. The number of nitrogens with one attached hydrogen (secondary N) is 1. The highest BCUT2D eigenvalue weighted by molar-refractivity contribution is 6.28. The molecule has 0 bridgehead atoms. The average molecular weight is 293 g/mol. The minimum atomic E-state index is 0.283. The standard InChI is InChI=1S/C15H21ClN4/c1-11(2)20(3)10-6-9-17-14-12-7-4-5-8-13(12)18-15(16)19-14/h4-5,7-8,11H,6,9-10H2,1-3H3,(H,17,18,19). The van der Waals surface area contributed by atoms with E-state index in [-0.39, 0.29) is 5.28 Å². The first-order valence-electron chi connectivity index (χ1n) is 6.94. The summed E-state index contributed by atoms with van der Waals surface area (Å²) in [6.07, 6.45) is 1.06. The maximum absolute atomic E-state index is 5.96. The second kappa shape index (κ2) is 6.86. The molecule has 1 heterocycles. The van der Waals surface area contributed by atoms with Gasteiger partial charge in [-0.05, 0) is 57.6 Å². The predicted octanol–water partition coefficient (Wildman–Crippen LogP) is 3.43. The third-order valence-corrected chi connectivity index (χ3v) is 3.61. The van der Waals surface area contributed by atoms with Crippen molar-refractivity contribution < 1.29 is 0 Å². The van der Waals surface area contributed by atoms with Crippen LogP contribution in [-0.2, 0) is 0 Å². The Balaban J connectivity index is 1.99. The van der Waals surface area contributed by atoms with Gasteiger partial charge in [-0.3, -0.25) is 0 Å². The van der Waals surface area contributed by atoms with Crippen molar-refractivity contribution in [3.8, 4) is 0 Å². The van der Waals surface area contributed by atoms with Crippen LogP contribution in [-0.4, -0.2) is 41.0 Å². The number of para-hydroxylation sites is 1. The minimum absolute atomic E-state index is 0.283. The summed E-state index contributed by atoms with van der Waals surface area (Å²) in [5, 5.41) is 4.65. The predicted molar refractivity (Wildman–Crippen MR) is 85.4 cm³/mol. The van der Waals surface area contributed by atoms with Gasteiger partial charge in [-0.1, -0.05) is 12.1 Å². The van der Waals surface area contributed by atoms with Gasteiger partial charge in [0.25, 0.3) is 0 Å². The lowest BCUT2D eigenvalue weighted by Crippen LogP contribution is -2.28. The molecule has 0 amide bonds. The molecule has 1 aromatic heterocycles. The lowest BCUT2D eigenvalue weighted by atomic mass is 10.2. The highest BCUT2D eigenvalue weighted by atomic mass is 35.5. The van der Waals surface area contributed by atoms with E-state index in [2.05, 4.69) is 41.1 Å². The van der Waals surface area contributed by atoms with Crippen LogP contribution < -0.4 is 5.32 Å². The van der Waals surface area contributed by atoms with Crippen molar-refractivity contribution in [3.63, 3.8) is 0 Å². The molecule has 108 valence electrons. The van der Waals surface area contributed by atoms with Crippen LogP contribution in [0.15, 0.2) is 24.3 Å². The van der Waals surface area contributed by atoms with Crippen LogP contribution in [0.25, 0.3) is 10.9 Å². The number of nitrogens with zero attached hydrogens (tertiary/aromatic N) is 3. The van der Waals surface area contributed by atoms with E-state index in [0.717, 1.165) is 36.2 Å². The summed E-state index contributed by atoms with van der Waals surface area (Å²) >= 11 is 5.96. The maximum atomic E-state index is 5.96. The topological polar surface area (TPSA) is 41.0 Å². The summed E-state index contributed by atoms with van der Waals surface area (Å²) in [6, 6.07) is 8.46. The van der Waals surface area contributed by atoms with Gasteiger partial charge in [0.2, 0.25) is 5.28 Å². The van der Waals surface area contributed by atoms with Gasteiger partial charge in [0.05, 0.1) is 5.52 Å². The van der Waals surface area contributed by atoms with Gasteiger partial charge in [0, 0.05) is 18.0 Å². The summed E-state index contributed by atoms with van der Waals surface area (Å²) in [4.78, 5) is 10.8. The Bertz CT molecular complexity index is 571. The summed E-state index contributed by atoms with van der Waals surface area (Å²) < 4.78 is 0. The first-order chi connectivity index (χ1) is 9.58. The van der Waals surface area contributed by atoms with Crippen molar-refractivity contribution >= 4 is 28.3 Å². The molecule has 4 nitrogen and oxygen atoms in total. The molecule has 0 fully saturated rings. The van der Waals surface area contributed by atoms with Gasteiger partial charge in [-0.15, -0.1) is 0 Å². The maximum Gasteiger partial charge on any atom is 0.224 e. The number of hydrogen-bond donors (Lipinski definition) is 1. The van der Waals surface area contributed by atoms with Crippen LogP contribution >= 0.6 is 11.6 Å². The Morgan fingerprint density at radius 2 is 2.00 bits per heavy atom. The average Bonchev–Trinajstić information content (AvgIpc) is 2.42. The van der Waals surface area contributed by atoms with Crippen LogP contribution in [0.1, 0.15) is 20.3 Å². The zero-order chi connectivity index (χ0) is 14.5. The van der Waals surface area contributed by atoms with E-state index in [1.807, 2.05) is 24.3 Å². The highest BCUT2D eigenvalue weighted by Crippen LogP contribution is 2.21. The summed E-state index contributed by atoms with van der Waals surface area (Å²) in [7, 11) is 2.14. The van der Waals surface area contributed by atoms with E-state index in [1.54, 1.807) is 0 Å². The molecule has 0 aliphatic rings. The number of fused-ring (bicyclic) bond motifs is 1. The first kappa shape index (κ1) is 15.0. The van der Waals surface area contributed by atoms with Crippen LogP contribution in [0, 0.1) is 0 Å². The fourth-order valence-electron chi connectivity index (χ4n) is 1.98. The lowest BCUT2D eigenvalue weighted by Gasteiger charge is -2.20. The Hall–Kier alpha value is -1.39. The molecule has 2 aromatic rings. The number of halogens is 1. The summed E-state index contributed by atoms with van der Waals surface area (Å²) in [6.45, 7) is 6.33. The number of aromatic nitrogens is 2. The van der Waals surface area contributed by atoms with Crippen LogP contribution in [0.3, 0.4) is 0 Å². The largest absolute Gasteiger partial charge is 0.369 e. The molecule has 0 atom stereocenters. The normalized spacial score (nSPS) is 11.5. The molecule has 20 heavy (non-hydrogen) atoms. The van der Waals surface area contributed by atoms with Gasteiger partial charge >= 0.3 is 0 Å². The van der Waals surface area contributed by atoms with E-state index in [0.29, 0.717) is 6.04 Å². The fraction of sp³-hybridized carbons (Fsp3) is 0.467. The van der Waals surface area contributed by atoms with Crippen molar-refractivity contribution in [3.05, 3.63) is 29.5 Å². The van der Waals surface area contributed by atoms with Crippen molar-refractivity contribution in [2.75, 3.05) is 25.5 Å². The van der Waals surface area contributed by atoms with E-state index >= 15 is 0 Å². The Kier molecular flexibility index (Phi) is 5.15. The lowest BCUT2D eigenvalue weighted by molar-refractivity contribution is 0.273. The van der Waals surface area contributed by atoms with Gasteiger partial charge in [0.1, 0.15) is 5.82 Å². The first-order valence-corrected chi connectivity index (χ1v) is 7.32. The molecule has 0 saturated carbocycles. The van der Waals surface area contributed by atoms with Crippen LogP contribution in [0.4, 0.5) is 5.82 Å². The third kappa shape index (κ3) is 3.81. The monoisotopic (exact) mass is 292 g/mol. The molecular formula is C15H21ClN4. The Morgan fingerprint density at radius 3 is 2.75 bits per heavy atom. The van der Waals surface area contributed by atoms with Gasteiger partial charge < -0.3 is 10.2 Å². The van der Waals surface area contributed by atoms with E-state index in [1.165, 1.54) is 0 Å². The summed E-state index contributed by atoms with van der Waals surface area (Å²) in [5.74, 6) is 0.813. The zero-order valence-corrected chi connectivity index (χ0v) is 13.0. The third-order valence-electron chi connectivity index (χ3n) is 3.44. The van der Waals surface area contributed by atoms with Crippen LogP contribution in [0.5, 0.6) is 0 Å². The molecule has 5 heteroatoms. The quantitative estimate of drug-likeness (QED) is 0.654. The number of hydrogen-bond acceptors (Lipinski definition) is 4. The smallest absolute Gasteiger partial charge is 0.224 e. The molecule has 1 aromatic carbocycles. The van der Waals surface area contributed by atoms with E-state index < -0.39 is 0 Å². The SMILES string of the molecule is CC(C)N(C)CCCNc1nc(Cl)nc2ccccc12. The number of benzene rings is 1. The summed E-state index contributed by atoms with van der Waals surface area (Å²) in [5.41, 5.74) is 0.870.